The lowest BCUT2D eigenvalue weighted by atomic mass is 9.96. The van der Waals surface area contributed by atoms with Crippen LogP contribution in [0.25, 0.3) is 0 Å². The Morgan fingerprint density at radius 2 is 1.93 bits per heavy atom. The Labute approximate surface area is 153 Å². The molecule has 1 aliphatic rings. The van der Waals surface area contributed by atoms with E-state index in [0.717, 1.165) is 35.2 Å². The Morgan fingerprint density at radius 1 is 1.26 bits per heavy atom. The van der Waals surface area contributed by atoms with Crippen LogP contribution in [0.4, 0.5) is 5.69 Å². The molecule has 9 nitrogen and oxygen atoms in total. The highest BCUT2D eigenvalue weighted by atomic mass is 16.6. The third-order valence-electron chi connectivity index (χ3n) is 4.73. The molecule has 0 aliphatic heterocycles. The number of pyridine rings is 1. The van der Waals surface area contributed by atoms with Crippen LogP contribution in [-0.4, -0.2) is 27.8 Å². The van der Waals surface area contributed by atoms with Crippen molar-refractivity contribution in [3.8, 4) is 0 Å². The molecular weight excluding hydrogens is 352 g/mol. The fourth-order valence-corrected chi connectivity index (χ4v) is 3.00. The van der Waals surface area contributed by atoms with Crippen LogP contribution in [0.2, 0.25) is 0 Å². The second-order valence-electron chi connectivity index (χ2n) is 6.59. The molecule has 1 aliphatic carbocycles. The van der Waals surface area contributed by atoms with Crippen LogP contribution >= 0.6 is 0 Å². The van der Waals surface area contributed by atoms with Crippen molar-refractivity contribution in [2.45, 2.75) is 24.8 Å². The molecule has 0 radical (unpaired) electrons. The number of nitrogens with one attached hydrogen (secondary N) is 1. The fraction of sp³-hybridized carbons (Fsp3) is 0.278. The Hall–Kier alpha value is -3.49. The van der Waals surface area contributed by atoms with Crippen molar-refractivity contribution in [2.75, 3.05) is 6.54 Å². The highest BCUT2D eigenvalue weighted by molar-refractivity contribution is 5.93. The topological polar surface area (TPSA) is 137 Å². The van der Waals surface area contributed by atoms with E-state index in [1.807, 2.05) is 30.3 Å². The number of hydrogen-bond acceptors (Lipinski definition) is 5. The highest BCUT2D eigenvalue weighted by Crippen LogP contribution is 2.47. The number of rotatable bonds is 7. The Bertz CT molecular complexity index is 963. The zero-order valence-corrected chi connectivity index (χ0v) is 14.4. The summed E-state index contributed by atoms with van der Waals surface area (Å²) in [5.41, 5.74) is 4.27. The smallest absolute Gasteiger partial charge is 0.286 e. The number of aromatic nitrogens is 1. The van der Waals surface area contributed by atoms with E-state index < -0.39 is 40.1 Å². The summed E-state index contributed by atoms with van der Waals surface area (Å²) < 4.78 is 0.829. The number of primary amides is 1. The van der Waals surface area contributed by atoms with Crippen molar-refractivity contribution >= 4 is 17.5 Å². The van der Waals surface area contributed by atoms with E-state index in [1.54, 1.807) is 0 Å². The maximum atomic E-state index is 12.3. The van der Waals surface area contributed by atoms with Gasteiger partial charge in [-0.15, -0.1) is 0 Å². The van der Waals surface area contributed by atoms with Gasteiger partial charge in [-0.05, 0) is 18.4 Å². The van der Waals surface area contributed by atoms with Gasteiger partial charge >= 0.3 is 0 Å². The summed E-state index contributed by atoms with van der Waals surface area (Å²) in [6, 6.07) is 10.6. The minimum atomic E-state index is -1.08. The standard InChI is InChI=1S/C18H18N4O5/c19-16(24)14-8-13(22(26)27)9-21(17(14)25)10-15(23)20-11-18(6-7-18)12-4-2-1-3-5-12/h1-5,8-9H,6-7,10-11H2,(H2,19,24)(H,20,23). The Morgan fingerprint density at radius 3 is 2.48 bits per heavy atom. The number of carbonyl (C=O) groups excluding carboxylic acids is 2. The first-order valence-corrected chi connectivity index (χ1v) is 8.33. The van der Waals surface area contributed by atoms with Gasteiger partial charge in [-0.3, -0.25) is 29.1 Å². The summed E-state index contributed by atoms with van der Waals surface area (Å²) in [5.74, 6) is -1.56. The molecule has 0 unspecified atom stereocenters. The lowest BCUT2D eigenvalue weighted by Gasteiger charge is -2.17. The largest absolute Gasteiger partial charge is 0.365 e. The predicted octanol–water partition coefficient (Wildman–Crippen LogP) is 0.703. The highest BCUT2D eigenvalue weighted by Gasteiger charge is 2.44. The SMILES string of the molecule is NC(=O)c1cc([N+](=O)[O-])cn(CC(=O)NCC2(c3ccccc3)CC2)c1=O. The molecule has 9 heteroatoms. The van der Waals surface area contributed by atoms with Crippen LogP contribution in [0.15, 0.2) is 47.4 Å². The number of benzene rings is 1. The van der Waals surface area contributed by atoms with E-state index in [0.29, 0.717) is 6.54 Å². The minimum absolute atomic E-state index is 0.108. The molecule has 0 spiro atoms. The minimum Gasteiger partial charge on any atom is -0.365 e. The molecule has 3 rings (SSSR count). The van der Waals surface area contributed by atoms with Crippen molar-refractivity contribution in [3.63, 3.8) is 0 Å². The van der Waals surface area contributed by atoms with E-state index >= 15 is 0 Å². The van der Waals surface area contributed by atoms with E-state index in [4.69, 9.17) is 5.73 Å². The Balaban J connectivity index is 1.74. The second-order valence-corrected chi connectivity index (χ2v) is 6.59. The number of hydrogen-bond donors (Lipinski definition) is 2. The number of nitro groups is 1. The van der Waals surface area contributed by atoms with Crippen molar-refractivity contribution < 1.29 is 14.5 Å². The van der Waals surface area contributed by atoms with Crippen molar-refractivity contribution in [3.05, 3.63) is 74.2 Å². The van der Waals surface area contributed by atoms with Gasteiger partial charge in [0.2, 0.25) is 5.91 Å². The van der Waals surface area contributed by atoms with Gasteiger partial charge in [0.15, 0.2) is 0 Å². The average Bonchev–Trinajstić information content (AvgIpc) is 3.43. The molecule has 1 heterocycles. The molecule has 0 saturated heterocycles. The summed E-state index contributed by atoms with van der Waals surface area (Å²) in [6.07, 6.45) is 2.82. The second kappa shape index (κ2) is 7.02. The summed E-state index contributed by atoms with van der Waals surface area (Å²) in [6.45, 7) is -0.0339. The first kappa shape index (κ1) is 18.3. The lowest BCUT2D eigenvalue weighted by Crippen LogP contribution is -2.38. The van der Waals surface area contributed by atoms with Gasteiger partial charge in [0, 0.05) is 18.0 Å². The summed E-state index contributed by atoms with van der Waals surface area (Å²) in [7, 11) is 0. The third kappa shape index (κ3) is 3.86. The van der Waals surface area contributed by atoms with E-state index in [1.165, 1.54) is 0 Å². The zero-order chi connectivity index (χ0) is 19.6. The number of nitrogens with two attached hydrogens (primary N) is 1. The molecule has 2 aromatic rings. The third-order valence-corrected chi connectivity index (χ3v) is 4.73. The van der Waals surface area contributed by atoms with Crippen molar-refractivity contribution in [1.82, 2.24) is 9.88 Å². The molecule has 140 valence electrons. The molecule has 0 bridgehead atoms. The Kier molecular flexibility index (Phi) is 4.76. The van der Waals surface area contributed by atoms with E-state index in [9.17, 15) is 24.5 Å². The molecule has 27 heavy (non-hydrogen) atoms. The zero-order valence-electron chi connectivity index (χ0n) is 14.4. The number of nitrogens with zero attached hydrogens (tertiary/aromatic N) is 2. The lowest BCUT2D eigenvalue weighted by molar-refractivity contribution is -0.385. The number of amides is 2. The van der Waals surface area contributed by atoms with Crippen LogP contribution in [-0.2, 0) is 16.8 Å². The average molecular weight is 370 g/mol. The van der Waals surface area contributed by atoms with E-state index in [-0.39, 0.29) is 5.41 Å². The van der Waals surface area contributed by atoms with Crippen LogP contribution < -0.4 is 16.6 Å². The van der Waals surface area contributed by atoms with Crippen LogP contribution in [0.5, 0.6) is 0 Å². The molecule has 3 N–H and O–H groups in total. The quantitative estimate of drug-likeness (QED) is 0.546. The van der Waals surface area contributed by atoms with Crippen LogP contribution in [0, 0.1) is 10.1 Å². The molecule has 1 aromatic heterocycles. The molecule has 0 atom stereocenters. The maximum absolute atomic E-state index is 12.3. The van der Waals surface area contributed by atoms with Gasteiger partial charge in [0.1, 0.15) is 12.1 Å². The normalized spacial score (nSPS) is 14.4. The van der Waals surface area contributed by atoms with E-state index in [2.05, 4.69) is 5.32 Å². The summed E-state index contributed by atoms with van der Waals surface area (Å²) >= 11 is 0. The fourth-order valence-electron chi connectivity index (χ4n) is 3.00. The van der Waals surface area contributed by atoms with Crippen LogP contribution in [0.3, 0.4) is 0 Å². The summed E-state index contributed by atoms with van der Waals surface area (Å²) in [4.78, 5) is 46.1. The molecule has 1 saturated carbocycles. The van der Waals surface area contributed by atoms with Crippen molar-refractivity contribution in [1.29, 1.82) is 0 Å². The molecule has 1 aromatic carbocycles. The molecular formula is C18H18N4O5. The maximum Gasteiger partial charge on any atom is 0.286 e. The molecule has 2 amide bonds. The van der Waals surface area contributed by atoms with Gasteiger partial charge in [-0.1, -0.05) is 30.3 Å². The first-order chi connectivity index (χ1) is 12.8. The van der Waals surface area contributed by atoms with Gasteiger partial charge in [0.05, 0.1) is 11.1 Å². The number of carbonyl (C=O) groups is 2. The molecule has 1 fully saturated rings. The van der Waals surface area contributed by atoms with Gasteiger partial charge in [-0.25, -0.2) is 0 Å². The van der Waals surface area contributed by atoms with Crippen molar-refractivity contribution in [2.24, 2.45) is 5.73 Å². The first-order valence-electron chi connectivity index (χ1n) is 8.33. The van der Waals surface area contributed by atoms with Gasteiger partial charge in [-0.2, -0.15) is 0 Å². The van der Waals surface area contributed by atoms with Gasteiger partial charge < -0.3 is 11.1 Å². The summed E-state index contributed by atoms with van der Waals surface area (Å²) in [5, 5.41) is 13.8. The van der Waals surface area contributed by atoms with Crippen LogP contribution in [0.1, 0.15) is 28.8 Å². The van der Waals surface area contributed by atoms with Gasteiger partial charge in [0.25, 0.3) is 17.2 Å². The predicted molar refractivity (Wildman–Crippen MR) is 96.2 cm³/mol. The monoisotopic (exact) mass is 370 g/mol.